The van der Waals surface area contributed by atoms with E-state index in [1.54, 1.807) is 31.4 Å². The number of nitrogens with zero attached hydrogens (tertiary/aromatic N) is 1. The Morgan fingerprint density at radius 2 is 1.86 bits per heavy atom. The topological polar surface area (TPSA) is 62.6 Å². The maximum absolute atomic E-state index is 12.6. The molecule has 1 aliphatic rings. The fraction of sp³-hybridized carbons (Fsp3) is 0.176. The molecule has 1 heterocycles. The molecule has 1 fully saturated rings. The summed E-state index contributed by atoms with van der Waals surface area (Å²) in [6, 6.07) is 16.1. The number of ether oxygens (including phenoxy) is 2. The summed E-state index contributed by atoms with van der Waals surface area (Å²) in [6.45, 7) is 0. The van der Waals surface area contributed by atoms with Gasteiger partial charge in [-0.15, -0.1) is 0 Å². The number of rotatable bonds is 4. The number of nitriles is 1. The predicted molar refractivity (Wildman–Crippen MR) is 83.6 cm³/mol. The van der Waals surface area contributed by atoms with Crippen LogP contribution in [0.2, 0.25) is 0 Å². The second-order valence-corrected chi connectivity index (χ2v) is 5.87. The third-order valence-electron chi connectivity index (χ3n) is 3.64. The van der Waals surface area contributed by atoms with Crippen LogP contribution < -0.4 is 4.74 Å². The Kier molecular flexibility index (Phi) is 3.73. The minimum Gasteiger partial charge on any atom is -0.497 e. The largest absolute Gasteiger partial charge is 0.497 e. The van der Waals surface area contributed by atoms with E-state index >= 15 is 0 Å². The van der Waals surface area contributed by atoms with Crippen molar-refractivity contribution in [1.29, 1.82) is 5.26 Å². The summed E-state index contributed by atoms with van der Waals surface area (Å²) in [7, 11) is 1.56. The quantitative estimate of drug-likeness (QED) is 0.618. The lowest BCUT2D eigenvalue weighted by molar-refractivity contribution is 0.0914. The Labute approximate surface area is 136 Å². The summed E-state index contributed by atoms with van der Waals surface area (Å²) in [6.07, 6.45) is -0.528. The number of carbonyl (C=O) groups is 1. The van der Waals surface area contributed by atoms with Crippen LogP contribution in [0.4, 0.5) is 0 Å². The molecular formula is C17H12BrNO3. The fourth-order valence-electron chi connectivity index (χ4n) is 2.36. The number of halogens is 1. The maximum atomic E-state index is 12.6. The highest BCUT2D eigenvalue weighted by Gasteiger charge is 2.64. The molecule has 4 nitrogen and oxygen atoms in total. The van der Waals surface area contributed by atoms with Gasteiger partial charge in [-0.25, -0.2) is 0 Å². The van der Waals surface area contributed by atoms with Gasteiger partial charge in [0.1, 0.15) is 17.9 Å². The number of carbonyl (C=O) groups excluding carboxylic acids is 1. The van der Waals surface area contributed by atoms with Crippen molar-refractivity contribution in [2.24, 2.45) is 0 Å². The molecule has 1 saturated heterocycles. The minimum atomic E-state index is -1.43. The summed E-state index contributed by atoms with van der Waals surface area (Å²) in [4.78, 5) is 12.6. The van der Waals surface area contributed by atoms with E-state index in [2.05, 4.69) is 15.9 Å². The highest BCUT2D eigenvalue weighted by Crippen LogP contribution is 2.51. The van der Waals surface area contributed by atoms with Crippen molar-refractivity contribution in [3.63, 3.8) is 0 Å². The van der Waals surface area contributed by atoms with Gasteiger partial charge in [-0.1, -0.05) is 28.1 Å². The van der Waals surface area contributed by atoms with E-state index in [1.165, 1.54) is 0 Å². The van der Waals surface area contributed by atoms with Gasteiger partial charge in [-0.2, -0.15) is 5.26 Å². The van der Waals surface area contributed by atoms with Gasteiger partial charge in [0.25, 0.3) is 0 Å². The smallest absolute Gasteiger partial charge is 0.248 e. The van der Waals surface area contributed by atoms with Crippen molar-refractivity contribution in [3.8, 4) is 11.8 Å². The van der Waals surface area contributed by atoms with Crippen LogP contribution in [-0.2, 0) is 4.74 Å². The second-order valence-electron chi connectivity index (χ2n) is 4.95. The first-order chi connectivity index (χ1) is 10.6. The van der Waals surface area contributed by atoms with Crippen LogP contribution in [-0.4, -0.2) is 18.5 Å². The van der Waals surface area contributed by atoms with E-state index in [-0.39, 0.29) is 5.78 Å². The predicted octanol–water partition coefficient (Wildman–Crippen LogP) is 3.67. The maximum Gasteiger partial charge on any atom is 0.248 e. The standard InChI is InChI=1S/C17H12BrNO3/c1-21-14-8-4-11(5-9-14)15(20)17(10-19)16(22-17)12-2-6-13(18)7-3-12/h2-9,16H,1H3/t16-,17-/m0/s1. The van der Waals surface area contributed by atoms with Crippen LogP contribution in [0, 0.1) is 11.3 Å². The van der Waals surface area contributed by atoms with Gasteiger partial charge in [-0.05, 0) is 42.0 Å². The van der Waals surface area contributed by atoms with E-state index in [0.29, 0.717) is 11.3 Å². The number of epoxide rings is 1. The van der Waals surface area contributed by atoms with E-state index in [0.717, 1.165) is 10.0 Å². The van der Waals surface area contributed by atoms with E-state index in [9.17, 15) is 10.1 Å². The summed E-state index contributed by atoms with van der Waals surface area (Å²) >= 11 is 3.36. The van der Waals surface area contributed by atoms with Gasteiger partial charge in [0, 0.05) is 10.0 Å². The van der Waals surface area contributed by atoms with Crippen LogP contribution >= 0.6 is 15.9 Å². The zero-order valence-corrected chi connectivity index (χ0v) is 13.3. The van der Waals surface area contributed by atoms with Gasteiger partial charge in [0.2, 0.25) is 11.4 Å². The zero-order chi connectivity index (χ0) is 15.7. The van der Waals surface area contributed by atoms with E-state index in [4.69, 9.17) is 9.47 Å². The summed E-state index contributed by atoms with van der Waals surface area (Å²) in [5.74, 6) is 0.328. The fourth-order valence-corrected chi connectivity index (χ4v) is 2.62. The molecule has 0 saturated carbocycles. The lowest BCUT2D eigenvalue weighted by atomic mass is 9.92. The molecule has 0 aliphatic carbocycles. The Morgan fingerprint density at radius 3 is 2.41 bits per heavy atom. The Bertz CT molecular complexity index is 749. The molecule has 0 spiro atoms. The highest BCUT2D eigenvalue weighted by molar-refractivity contribution is 9.10. The molecule has 22 heavy (non-hydrogen) atoms. The molecule has 0 aromatic heterocycles. The van der Waals surface area contributed by atoms with Crippen molar-refractivity contribution < 1.29 is 14.3 Å². The monoisotopic (exact) mass is 357 g/mol. The van der Waals surface area contributed by atoms with Crippen LogP contribution in [0.15, 0.2) is 53.0 Å². The lowest BCUT2D eigenvalue weighted by Gasteiger charge is -2.05. The van der Waals surface area contributed by atoms with E-state index in [1.807, 2.05) is 30.3 Å². The molecule has 0 amide bonds. The van der Waals surface area contributed by atoms with Gasteiger partial charge >= 0.3 is 0 Å². The van der Waals surface area contributed by atoms with Crippen molar-refractivity contribution in [2.45, 2.75) is 11.7 Å². The molecule has 2 aromatic carbocycles. The number of hydrogen-bond acceptors (Lipinski definition) is 4. The third kappa shape index (κ3) is 2.41. The van der Waals surface area contributed by atoms with Crippen molar-refractivity contribution in [3.05, 3.63) is 64.1 Å². The normalized spacial score (nSPS) is 22.7. The number of methoxy groups -OCH3 is 1. The second kappa shape index (κ2) is 5.56. The number of hydrogen-bond donors (Lipinski definition) is 0. The highest BCUT2D eigenvalue weighted by atomic mass is 79.9. The first-order valence-electron chi connectivity index (χ1n) is 6.64. The number of Topliss-reactive ketones (excluding diaryl/α,β-unsaturated/α-hetero) is 1. The summed E-state index contributed by atoms with van der Waals surface area (Å²) in [5, 5.41) is 9.45. The molecule has 0 unspecified atom stereocenters. The average Bonchev–Trinajstić information content (AvgIpc) is 3.31. The molecule has 2 atom stereocenters. The number of benzene rings is 2. The molecule has 5 heteroatoms. The molecule has 110 valence electrons. The molecule has 0 N–H and O–H groups in total. The molecule has 3 rings (SSSR count). The first-order valence-corrected chi connectivity index (χ1v) is 7.43. The first kappa shape index (κ1) is 14.8. The van der Waals surface area contributed by atoms with E-state index < -0.39 is 11.7 Å². The average molecular weight is 358 g/mol. The molecule has 2 aromatic rings. The van der Waals surface area contributed by atoms with Crippen LogP contribution in [0.3, 0.4) is 0 Å². The molecule has 0 radical (unpaired) electrons. The van der Waals surface area contributed by atoms with Crippen molar-refractivity contribution in [1.82, 2.24) is 0 Å². The van der Waals surface area contributed by atoms with Gasteiger partial charge in [0.05, 0.1) is 7.11 Å². The van der Waals surface area contributed by atoms with Crippen LogP contribution in [0.25, 0.3) is 0 Å². The SMILES string of the molecule is COc1ccc(C(=O)[C@]2(C#N)O[C@H]2c2ccc(Br)cc2)cc1. The van der Waals surface area contributed by atoms with Crippen molar-refractivity contribution in [2.75, 3.05) is 7.11 Å². The molecule has 1 aliphatic heterocycles. The summed E-state index contributed by atoms with van der Waals surface area (Å²) in [5.41, 5.74) is -0.184. The minimum absolute atomic E-state index is 0.328. The zero-order valence-electron chi connectivity index (χ0n) is 11.7. The van der Waals surface area contributed by atoms with Gasteiger partial charge < -0.3 is 9.47 Å². The molecule has 0 bridgehead atoms. The van der Waals surface area contributed by atoms with Crippen molar-refractivity contribution >= 4 is 21.7 Å². The van der Waals surface area contributed by atoms with Crippen LogP contribution in [0.1, 0.15) is 22.0 Å². The van der Waals surface area contributed by atoms with Crippen LogP contribution in [0.5, 0.6) is 5.75 Å². The van der Waals surface area contributed by atoms with Gasteiger partial charge in [0.15, 0.2) is 0 Å². The molecular weight excluding hydrogens is 346 g/mol. The Balaban J connectivity index is 1.87. The Morgan fingerprint density at radius 1 is 1.23 bits per heavy atom. The summed E-state index contributed by atoms with van der Waals surface area (Å²) < 4.78 is 11.5. The number of ketones is 1. The Hall–Kier alpha value is -2.16. The van der Waals surface area contributed by atoms with Gasteiger partial charge in [-0.3, -0.25) is 4.79 Å². The lowest BCUT2D eigenvalue weighted by Crippen LogP contribution is -2.23. The third-order valence-corrected chi connectivity index (χ3v) is 4.17.